The second-order valence-corrected chi connectivity index (χ2v) is 7.27. The van der Waals surface area contributed by atoms with Crippen LogP contribution in [0.25, 0.3) is 0 Å². The van der Waals surface area contributed by atoms with Gasteiger partial charge in [0.05, 0.1) is 0 Å². The normalized spacial score (nSPS) is 21.0. The van der Waals surface area contributed by atoms with Crippen molar-refractivity contribution in [2.45, 2.75) is 40.0 Å². The van der Waals surface area contributed by atoms with E-state index in [9.17, 15) is 4.39 Å². The first-order valence-electron chi connectivity index (χ1n) is 8.17. The van der Waals surface area contributed by atoms with E-state index in [2.05, 4.69) is 31.0 Å². The molecule has 3 heteroatoms. The van der Waals surface area contributed by atoms with Gasteiger partial charge >= 0.3 is 0 Å². The van der Waals surface area contributed by atoms with Gasteiger partial charge in [-0.1, -0.05) is 20.8 Å². The molecule has 1 aromatic carbocycles. The molecule has 1 N–H and O–H groups in total. The number of hydrogen-bond acceptors (Lipinski definition) is 2. The molecule has 0 amide bonds. The Balaban J connectivity index is 1.73. The minimum atomic E-state index is -0.179. The first kappa shape index (κ1) is 16.3. The van der Waals surface area contributed by atoms with Crippen LogP contribution in [0.3, 0.4) is 0 Å². The van der Waals surface area contributed by atoms with Crippen molar-refractivity contribution >= 4 is 5.69 Å². The molecule has 1 fully saturated rings. The third-order valence-corrected chi connectivity index (χ3v) is 4.65. The highest BCUT2D eigenvalue weighted by atomic mass is 19.1. The van der Waals surface area contributed by atoms with Crippen molar-refractivity contribution in [3.63, 3.8) is 0 Å². The molecule has 118 valence electrons. The standard InChI is InChI=1S/C18H29FN2/c1-18(2,3)15-5-4-12-21(13-10-15)14-11-20-17-8-6-16(19)7-9-17/h6-9,15,20H,4-5,10-14H2,1-3H3. The first-order valence-corrected chi connectivity index (χ1v) is 8.17. The van der Waals surface area contributed by atoms with Gasteiger partial charge in [0.1, 0.15) is 5.82 Å². The summed E-state index contributed by atoms with van der Waals surface area (Å²) in [6.07, 6.45) is 3.96. The molecule has 1 atom stereocenters. The van der Waals surface area contributed by atoms with E-state index < -0.39 is 0 Å². The number of benzene rings is 1. The van der Waals surface area contributed by atoms with Crippen molar-refractivity contribution in [3.8, 4) is 0 Å². The predicted molar refractivity (Wildman–Crippen MR) is 88.1 cm³/mol. The summed E-state index contributed by atoms with van der Waals surface area (Å²) in [5, 5.41) is 3.37. The molecule has 1 aliphatic heterocycles. The van der Waals surface area contributed by atoms with Crippen LogP contribution >= 0.6 is 0 Å². The minimum absolute atomic E-state index is 0.179. The maximum Gasteiger partial charge on any atom is 0.123 e. The number of nitrogens with zero attached hydrogens (tertiary/aromatic N) is 1. The number of nitrogens with one attached hydrogen (secondary N) is 1. The average molecular weight is 292 g/mol. The summed E-state index contributed by atoms with van der Waals surface area (Å²) in [7, 11) is 0. The molecule has 0 spiro atoms. The highest BCUT2D eigenvalue weighted by Gasteiger charge is 2.26. The smallest absolute Gasteiger partial charge is 0.123 e. The van der Waals surface area contributed by atoms with Gasteiger partial charge in [-0.25, -0.2) is 4.39 Å². The molecule has 1 aliphatic rings. The van der Waals surface area contributed by atoms with Gasteiger partial charge in [-0.15, -0.1) is 0 Å². The van der Waals surface area contributed by atoms with Gasteiger partial charge < -0.3 is 10.2 Å². The average Bonchev–Trinajstić information content (AvgIpc) is 2.66. The predicted octanol–water partition coefficient (Wildman–Crippen LogP) is 4.39. The van der Waals surface area contributed by atoms with Crippen LogP contribution in [0, 0.1) is 17.2 Å². The Morgan fingerprint density at radius 1 is 1.14 bits per heavy atom. The topological polar surface area (TPSA) is 15.3 Å². The lowest BCUT2D eigenvalue weighted by Gasteiger charge is -2.29. The maximum absolute atomic E-state index is 12.8. The van der Waals surface area contributed by atoms with Crippen LogP contribution in [0.1, 0.15) is 40.0 Å². The van der Waals surface area contributed by atoms with Crippen LogP contribution in [0.4, 0.5) is 10.1 Å². The monoisotopic (exact) mass is 292 g/mol. The lowest BCUT2D eigenvalue weighted by Crippen LogP contribution is -2.30. The van der Waals surface area contributed by atoms with Crippen molar-refractivity contribution < 1.29 is 4.39 Å². The Morgan fingerprint density at radius 2 is 1.86 bits per heavy atom. The van der Waals surface area contributed by atoms with Crippen molar-refractivity contribution in [1.29, 1.82) is 0 Å². The Morgan fingerprint density at radius 3 is 2.52 bits per heavy atom. The highest BCUT2D eigenvalue weighted by Crippen LogP contribution is 2.34. The zero-order valence-electron chi connectivity index (χ0n) is 13.7. The van der Waals surface area contributed by atoms with Gasteiger partial charge in [0, 0.05) is 18.8 Å². The Hall–Kier alpha value is -1.09. The van der Waals surface area contributed by atoms with E-state index in [1.807, 2.05) is 0 Å². The van der Waals surface area contributed by atoms with Gasteiger partial charge in [0.15, 0.2) is 0 Å². The fraction of sp³-hybridized carbons (Fsp3) is 0.667. The van der Waals surface area contributed by atoms with E-state index in [1.54, 1.807) is 12.1 Å². The summed E-state index contributed by atoms with van der Waals surface area (Å²) >= 11 is 0. The summed E-state index contributed by atoms with van der Waals surface area (Å²) in [4.78, 5) is 2.56. The molecule has 21 heavy (non-hydrogen) atoms. The van der Waals surface area contributed by atoms with Crippen LogP contribution in [-0.4, -0.2) is 31.1 Å². The van der Waals surface area contributed by atoms with Crippen LogP contribution in [0.5, 0.6) is 0 Å². The molecule has 1 unspecified atom stereocenters. The van der Waals surface area contributed by atoms with E-state index in [0.717, 1.165) is 24.7 Å². The lowest BCUT2D eigenvalue weighted by atomic mass is 9.77. The Kier molecular flexibility index (Phi) is 5.63. The van der Waals surface area contributed by atoms with Crippen molar-refractivity contribution in [2.24, 2.45) is 11.3 Å². The van der Waals surface area contributed by atoms with Crippen LogP contribution < -0.4 is 5.32 Å². The zero-order chi connectivity index (χ0) is 15.3. The second kappa shape index (κ2) is 7.26. The number of anilines is 1. The molecule has 1 saturated heterocycles. The summed E-state index contributed by atoms with van der Waals surface area (Å²) < 4.78 is 12.8. The van der Waals surface area contributed by atoms with Crippen molar-refractivity contribution in [1.82, 2.24) is 4.90 Å². The largest absolute Gasteiger partial charge is 0.384 e. The summed E-state index contributed by atoms with van der Waals surface area (Å²) in [6.45, 7) is 11.5. The third-order valence-electron chi connectivity index (χ3n) is 4.65. The number of halogens is 1. The van der Waals surface area contributed by atoms with Crippen molar-refractivity contribution in [3.05, 3.63) is 30.1 Å². The Labute approximate surface area is 128 Å². The number of likely N-dealkylation sites (tertiary alicyclic amines) is 1. The molecule has 0 saturated carbocycles. The van der Waals surface area contributed by atoms with Gasteiger partial charge in [-0.2, -0.15) is 0 Å². The SMILES string of the molecule is CC(C)(C)C1CCCN(CCNc2ccc(F)cc2)CC1. The van der Waals surface area contributed by atoms with Gasteiger partial charge in [-0.3, -0.25) is 0 Å². The summed E-state index contributed by atoms with van der Waals surface area (Å²) in [5.74, 6) is 0.661. The summed E-state index contributed by atoms with van der Waals surface area (Å²) in [6, 6.07) is 6.60. The molecule has 0 aromatic heterocycles. The molecular weight excluding hydrogens is 263 g/mol. The zero-order valence-corrected chi connectivity index (χ0v) is 13.7. The van der Waals surface area contributed by atoms with Gasteiger partial charge in [-0.05, 0) is 68.0 Å². The molecule has 0 radical (unpaired) electrons. The van der Waals surface area contributed by atoms with Crippen molar-refractivity contribution in [2.75, 3.05) is 31.5 Å². The lowest BCUT2D eigenvalue weighted by molar-refractivity contribution is 0.209. The summed E-state index contributed by atoms with van der Waals surface area (Å²) in [5.41, 5.74) is 1.43. The highest BCUT2D eigenvalue weighted by molar-refractivity contribution is 5.42. The molecule has 1 aromatic rings. The van der Waals surface area contributed by atoms with Gasteiger partial charge in [0.25, 0.3) is 0 Å². The molecule has 0 bridgehead atoms. The van der Waals surface area contributed by atoms with E-state index in [1.165, 1.54) is 44.5 Å². The van der Waals surface area contributed by atoms with Crippen LogP contribution in [0.2, 0.25) is 0 Å². The fourth-order valence-corrected chi connectivity index (χ4v) is 3.17. The minimum Gasteiger partial charge on any atom is -0.384 e. The Bertz CT molecular complexity index is 422. The second-order valence-electron chi connectivity index (χ2n) is 7.27. The molecule has 2 nitrogen and oxygen atoms in total. The first-order chi connectivity index (χ1) is 9.95. The third kappa shape index (κ3) is 5.31. The van der Waals surface area contributed by atoms with E-state index in [0.29, 0.717) is 5.41 Å². The van der Waals surface area contributed by atoms with Gasteiger partial charge in [0.2, 0.25) is 0 Å². The molecule has 2 rings (SSSR count). The van der Waals surface area contributed by atoms with E-state index >= 15 is 0 Å². The van der Waals surface area contributed by atoms with Crippen LogP contribution in [0.15, 0.2) is 24.3 Å². The van der Waals surface area contributed by atoms with E-state index in [-0.39, 0.29) is 5.82 Å². The molecule has 1 heterocycles. The van der Waals surface area contributed by atoms with Crippen LogP contribution in [-0.2, 0) is 0 Å². The van der Waals surface area contributed by atoms with E-state index in [4.69, 9.17) is 0 Å². The maximum atomic E-state index is 12.8. The number of rotatable bonds is 4. The quantitative estimate of drug-likeness (QED) is 0.885. The molecular formula is C18H29FN2. The fourth-order valence-electron chi connectivity index (χ4n) is 3.17. The molecule has 0 aliphatic carbocycles. The number of hydrogen-bond donors (Lipinski definition) is 1.